The Balaban J connectivity index is 0.000000292. The highest BCUT2D eigenvalue weighted by atomic mass is 16.5. The molecule has 0 spiro atoms. The van der Waals surface area contributed by atoms with E-state index in [0.717, 1.165) is 12.8 Å². The Morgan fingerprint density at radius 2 is 1.50 bits per heavy atom. The first kappa shape index (κ1) is 13.2. The third-order valence-electron chi connectivity index (χ3n) is 2.53. The van der Waals surface area contributed by atoms with Gasteiger partial charge in [-0.15, -0.1) is 0 Å². The van der Waals surface area contributed by atoms with Crippen molar-refractivity contribution in [3.63, 3.8) is 0 Å². The molecule has 1 fully saturated rings. The molecule has 1 aliphatic rings. The number of hydrogen-bond acceptors (Lipinski definition) is 3. The molecule has 14 heavy (non-hydrogen) atoms. The fraction of sp³-hybridized carbons (Fsp3) is 0.636. The zero-order chi connectivity index (χ0) is 10.9. The second-order valence-corrected chi connectivity index (χ2v) is 3.49. The van der Waals surface area contributed by atoms with E-state index in [-0.39, 0.29) is 18.6 Å². The molecule has 0 unspecified atom stereocenters. The summed E-state index contributed by atoms with van der Waals surface area (Å²) in [5.74, 6) is 0. The van der Waals surface area contributed by atoms with Gasteiger partial charge in [0.25, 0.3) is 0 Å². The second-order valence-electron chi connectivity index (χ2n) is 3.49. The maximum atomic E-state index is 8.86. The van der Waals surface area contributed by atoms with Crippen LogP contribution in [0.25, 0.3) is 0 Å². The zero-order valence-electron chi connectivity index (χ0n) is 8.61. The van der Waals surface area contributed by atoms with Crippen LogP contribution in [-0.2, 0) is 4.74 Å². The Kier molecular flexibility index (Phi) is 7.16. The predicted molar refractivity (Wildman–Crippen MR) is 56.6 cm³/mol. The molecule has 0 saturated heterocycles. The number of aliphatic hydroxyl groups is 2. The molecule has 0 aromatic carbocycles. The van der Waals surface area contributed by atoms with Crippen molar-refractivity contribution >= 4 is 0 Å². The van der Waals surface area contributed by atoms with Crippen molar-refractivity contribution in [2.24, 2.45) is 5.41 Å². The first-order valence-electron chi connectivity index (χ1n) is 4.83. The number of hydrogen-bond donors (Lipinski definition) is 2. The minimum atomic E-state index is -0.111. The van der Waals surface area contributed by atoms with E-state index in [0.29, 0.717) is 0 Å². The fourth-order valence-electron chi connectivity index (χ4n) is 1.56. The molecule has 1 rings (SSSR count). The minimum absolute atomic E-state index is 0.111. The Labute approximate surface area is 85.7 Å². The van der Waals surface area contributed by atoms with Gasteiger partial charge in [-0.3, -0.25) is 0 Å². The number of ether oxygens (including phenoxy) is 1. The largest absolute Gasteiger partial charge is 0.474 e. The summed E-state index contributed by atoms with van der Waals surface area (Å²) in [5, 5.41) is 17.7. The lowest BCUT2D eigenvalue weighted by atomic mass is 9.89. The van der Waals surface area contributed by atoms with Crippen LogP contribution in [0.1, 0.15) is 25.7 Å². The van der Waals surface area contributed by atoms with Gasteiger partial charge < -0.3 is 14.9 Å². The molecule has 3 heteroatoms. The Bertz CT molecular complexity index is 148. The van der Waals surface area contributed by atoms with Gasteiger partial charge in [0.2, 0.25) is 0 Å². The molecule has 1 saturated carbocycles. The standard InChI is InChI=1S/C7H14O2.C4H6O/c8-5-7(6-9)3-1-2-4-7;1-3-5-4-2/h8-9H,1-6H2;3-4H,1-2H2. The first-order valence-corrected chi connectivity index (χ1v) is 4.83. The normalized spacial score (nSPS) is 17.9. The summed E-state index contributed by atoms with van der Waals surface area (Å²) in [4.78, 5) is 0. The SMILES string of the molecule is C=COC=C.OCC1(CO)CCCC1. The summed E-state index contributed by atoms with van der Waals surface area (Å²) in [5.41, 5.74) is -0.111. The van der Waals surface area contributed by atoms with Gasteiger partial charge in [-0.25, -0.2) is 0 Å². The highest BCUT2D eigenvalue weighted by Crippen LogP contribution is 2.36. The lowest BCUT2D eigenvalue weighted by molar-refractivity contribution is 0.0606. The molecular formula is C11H20O3. The smallest absolute Gasteiger partial charge is 0.0829 e. The monoisotopic (exact) mass is 200 g/mol. The van der Waals surface area contributed by atoms with Gasteiger partial charge in [-0.1, -0.05) is 26.0 Å². The van der Waals surface area contributed by atoms with Crippen molar-refractivity contribution in [1.29, 1.82) is 0 Å². The predicted octanol–water partition coefficient (Wildman–Crippen LogP) is 1.82. The van der Waals surface area contributed by atoms with Gasteiger partial charge in [0.1, 0.15) is 0 Å². The highest BCUT2D eigenvalue weighted by molar-refractivity contribution is 4.82. The van der Waals surface area contributed by atoms with E-state index in [4.69, 9.17) is 10.2 Å². The lowest BCUT2D eigenvalue weighted by Crippen LogP contribution is -2.25. The first-order chi connectivity index (χ1) is 6.74. The van der Waals surface area contributed by atoms with Gasteiger partial charge in [0.15, 0.2) is 0 Å². The van der Waals surface area contributed by atoms with E-state index in [1.807, 2.05) is 0 Å². The van der Waals surface area contributed by atoms with E-state index in [1.54, 1.807) is 0 Å². The van der Waals surface area contributed by atoms with Crippen LogP contribution in [0.5, 0.6) is 0 Å². The van der Waals surface area contributed by atoms with Gasteiger partial charge in [0, 0.05) is 5.41 Å². The van der Waals surface area contributed by atoms with E-state index in [2.05, 4.69) is 17.9 Å². The van der Waals surface area contributed by atoms with Crippen LogP contribution in [0.4, 0.5) is 0 Å². The molecule has 2 N–H and O–H groups in total. The average Bonchev–Trinajstić information content (AvgIpc) is 2.69. The molecule has 0 atom stereocenters. The Hall–Kier alpha value is -0.800. The molecule has 0 aromatic rings. The molecule has 0 bridgehead atoms. The van der Waals surface area contributed by atoms with Crippen LogP contribution in [0.15, 0.2) is 25.7 Å². The quantitative estimate of drug-likeness (QED) is 0.681. The third-order valence-corrected chi connectivity index (χ3v) is 2.53. The number of rotatable bonds is 4. The Morgan fingerprint density at radius 1 is 1.07 bits per heavy atom. The van der Waals surface area contributed by atoms with E-state index in [1.165, 1.54) is 25.4 Å². The van der Waals surface area contributed by atoms with Crippen LogP contribution in [-0.4, -0.2) is 23.4 Å². The van der Waals surface area contributed by atoms with Gasteiger partial charge in [-0.05, 0) is 12.8 Å². The van der Waals surface area contributed by atoms with Crippen LogP contribution < -0.4 is 0 Å². The molecule has 0 aliphatic heterocycles. The molecular weight excluding hydrogens is 180 g/mol. The van der Waals surface area contributed by atoms with Crippen molar-refractivity contribution < 1.29 is 14.9 Å². The summed E-state index contributed by atoms with van der Waals surface area (Å²) in [6.07, 6.45) is 6.96. The van der Waals surface area contributed by atoms with Gasteiger partial charge >= 0.3 is 0 Å². The summed E-state index contributed by atoms with van der Waals surface area (Å²) in [7, 11) is 0. The Morgan fingerprint density at radius 3 is 1.64 bits per heavy atom. The molecule has 3 nitrogen and oxygen atoms in total. The van der Waals surface area contributed by atoms with E-state index in [9.17, 15) is 0 Å². The maximum absolute atomic E-state index is 8.86. The molecule has 0 aromatic heterocycles. The van der Waals surface area contributed by atoms with Crippen LogP contribution in [0, 0.1) is 5.41 Å². The molecule has 1 aliphatic carbocycles. The van der Waals surface area contributed by atoms with E-state index >= 15 is 0 Å². The molecule has 0 heterocycles. The van der Waals surface area contributed by atoms with Crippen LogP contribution >= 0.6 is 0 Å². The highest BCUT2D eigenvalue weighted by Gasteiger charge is 2.31. The van der Waals surface area contributed by atoms with E-state index < -0.39 is 0 Å². The van der Waals surface area contributed by atoms with Gasteiger partial charge in [-0.2, -0.15) is 0 Å². The molecule has 82 valence electrons. The molecule has 0 radical (unpaired) electrons. The van der Waals surface area contributed by atoms with Crippen LogP contribution in [0.2, 0.25) is 0 Å². The summed E-state index contributed by atoms with van der Waals surface area (Å²) < 4.78 is 4.36. The minimum Gasteiger partial charge on any atom is -0.474 e. The second kappa shape index (κ2) is 7.59. The zero-order valence-corrected chi connectivity index (χ0v) is 8.61. The fourth-order valence-corrected chi connectivity index (χ4v) is 1.56. The maximum Gasteiger partial charge on any atom is 0.0829 e. The van der Waals surface area contributed by atoms with Crippen molar-refractivity contribution in [3.8, 4) is 0 Å². The van der Waals surface area contributed by atoms with Crippen molar-refractivity contribution in [1.82, 2.24) is 0 Å². The third kappa shape index (κ3) is 4.44. The molecule has 0 amide bonds. The summed E-state index contributed by atoms with van der Waals surface area (Å²) in [6.45, 7) is 6.83. The summed E-state index contributed by atoms with van der Waals surface area (Å²) in [6, 6.07) is 0. The lowest BCUT2D eigenvalue weighted by Gasteiger charge is -2.22. The van der Waals surface area contributed by atoms with Crippen LogP contribution in [0.3, 0.4) is 0 Å². The van der Waals surface area contributed by atoms with Gasteiger partial charge in [0.05, 0.1) is 25.7 Å². The summed E-state index contributed by atoms with van der Waals surface area (Å²) >= 11 is 0. The topological polar surface area (TPSA) is 49.7 Å². The van der Waals surface area contributed by atoms with Crippen molar-refractivity contribution in [2.45, 2.75) is 25.7 Å². The van der Waals surface area contributed by atoms with Crippen molar-refractivity contribution in [3.05, 3.63) is 25.7 Å². The average molecular weight is 200 g/mol. The number of aliphatic hydroxyl groups excluding tert-OH is 2. The van der Waals surface area contributed by atoms with Crippen molar-refractivity contribution in [2.75, 3.05) is 13.2 Å².